The lowest BCUT2D eigenvalue weighted by atomic mass is 10.4. The van der Waals surface area contributed by atoms with Crippen LogP contribution in [0.25, 0.3) is 5.53 Å². The predicted octanol–water partition coefficient (Wildman–Crippen LogP) is 2.93. The number of ether oxygens (including phenoxy) is 1. The zero-order valence-corrected chi connectivity index (χ0v) is 17.5. The summed E-state index contributed by atoms with van der Waals surface area (Å²) in [4.78, 5) is 3.19. The zero-order valence-electron chi connectivity index (χ0n) is 14.1. The van der Waals surface area contributed by atoms with Crippen molar-refractivity contribution in [2.45, 2.75) is 37.5 Å². The minimum atomic E-state index is -3.45. The van der Waals surface area contributed by atoms with Gasteiger partial charge in [0, 0.05) is 17.6 Å². The monoisotopic (exact) mass is 421 g/mol. The normalized spacial score (nSPS) is 12.6. The average Bonchev–Trinajstić information content (AvgIpc) is 2.38. The molecule has 0 unspecified atom stereocenters. The summed E-state index contributed by atoms with van der Waals surface area (Å²) in [6.07, 6.45) is 0. The van der Waals surface area contributed by atoms with Crippen LogP contribution in [0.15, 0.2) is 33.6 Å². The van der Waals surface area contributed by atoms with Crippen molar-refractivity contribution in [2.24, 2.45) is 0 Å². The lowest BCUT2D eigenvalue weighted by molar-refractivity contribution is 0.00680. The van der Waals surface area contributed by atoms with E-state index in [9.17, 15) is 8.42 Å². The Balaban J connectivity index is 0.000000585. The molecular weight excluding hydrogens is 398 g/mol. The van der Waals surface area contributed by atoms with Gasteiger partial charge in [0.25, 0.3) is 0 Å². The molecule has 130 valence electrons. The molecule has 0 amide bonds. The van der Waals surface area contributed by atoms with Gasteiger partial charge >= 0.3 is 0 Å². The minimum Gasteiger partial charge on any atom is -0.383 e. The molecule has 0 bridgehead atoms. The van der Waals surface area contributed by atoms with E-state index < -0.39 is 18.1 Å². The van der Waals surface area contributed by atoms with Crippen LogP contribution >= 0.6 is 15.9 Å². The highest BCUT2D eigenvalue weighted by atomic mass is 79.9. The van der Waals surface area contributed by atoms with Crippen molar-refractivity contribution >= 4 is 39.9 Å². The maximum Gasteiger partial charge on any atom is 0.240 e. The Labute approximate surface area is 148 Å². The highest BCUT2D eigenvalue weighted by Gasteiger charge is 2.16. The van der Waals surface area contributed by atoms with E-state index in [0.29, 0.717) is 6.61 Å². The fourth-order valence-corrected chi connectivity index (χ4v) is 3.24. The Hall–Kier alpha value is -0.833. The summed E-state index contributed by atoms with van der Waals surface area (Å²) in [5, 5.41) is 0. The highest BCUT2D eigenvalue weighted by molar-refractivity contribution is 9.10. The summed E-state index contributed by atoms with van der Waals surface area (Å²) in [5.74, 6) is 1.63. The summed E-state index contributed by atoms with van der Waals surface area (Å²) in [5.41, 5.74) is 8.01. The second-order valence-electron chi connectivity index (χ2n) is 6.04. The Kier molecular flexibility index (Phi) is 9.75. The van der Waals surface area contributed by atoms with Gasteiger partial charge in [-0.25, -0.2) is 13.1 Å². The van der Waals surface area contributed by atoms with E-state index in [4.69, 9.17) is 10.3 Å². The number of methoxy groups -OCH3 is 1. The molecule has 0 aromatic heterocycles. The van der Waals surface area contributed by atoms with E-state index in [2.05, 4.69) is 45.1 Å². The van der Waals surface area contributed by atoms with Gasteiger partial charge in [-0.3, -0.25) is 0 Å². The maximum atomic E-state index is 11.8. The fourth-order valence-electron chi connectivity index (χ4n) is 1.40. The number of nitrogens with zero attached hydrogens (tertiary/aromatic N) is 2. The van der Waals surface area contributed by atoms with Crippen molar-refractivity contribution in [3.63, 3.8) is 0 Å². The van der Waals surface area contributed by atoms with Gasteiger partial charge in [0.2, 0.25) is 15.9 Å². The molecule has 0 spiro atoms. The molecular formula is C14H24BrN3O3SSi. The van der Waals surface area contributed by atoms with Crippen LogP contribution in [-0.2, 0) is 14.8 Å². The van der Waals surface area contributed by atoms with Crippen molar-refractivity contribution in [1.29, 1.82) is 0 Å². The summed E-state index contributed by atoms with van der Waals surface area (Å²) < 4.78 is 31.9. The quantitative estimate of drug-likeness (QED) is 0.331. The Morgan fingerprint density at radius 3 is 2.22 bits per heavy atom. The molecule has 0 heterocycles. The largest absolute Gasteiger partial charge is 0.383 e. The number of halogens is 1. The number of benzene rings is 1. The number of nitrogens with one attached hydrogen (secondary N) is 1. The molecule has 0 fully saturated rings. The van der Waals surface area contributed by atoms with Crippen LogP contribution < -0.4 is 4.72 Å². The molecule has 0 aliphatic heterocycles. The van der Waals surface area contributed by atoms with E-state index in [0.717, 1.165) is 4.47 Å². The second-order valence-corrected chi connectivity index (χ2v) is 13.7. The third kappa shape index (κ3) is 10.5. The van der Waals surface area contributed by atoms with Crippen LogP contribution in [0.1, 0.15) is 6.92 Å². The summed E-state index contributed by atoms with van der Waals surface area (Å²) >= 11 is 3.25. The van der Waals surface area contributed by atoms with E-state index in [1.807, 2.05) is 0 Å². The topological polar surface area (TPSA) is 91.8 Å². The fraction of sp³-hybridized carbons (Fsp3) is 0.500. The zero-order chi connectivity index (χ0) is 18.1. The van der Waals surface area contributed by atoms with Crippen LogP contribution in [0.4, 0.5) is 0 Å². The molecule has 0 saturated heterocycles. The lowest BCUT2D eigenvalue weighted by Gasteiger charge is -2.13. The lowest BCUT2D eigenvalue weighted by Crippen LogP contribution is -2.35. The molecule has 0 radical (unpaired) electrons. The van der Waals surface area contributed by atoms with Gasteiger partial charge < -0.3 is 10.3 Å². The van der Waals surface area contributed by atoms with Crippen molar-refractivity contribution < 1.29 is 17.9 Å². The number of hydrogen-bond acceptors (Lipinski definition) is 3. The van der Waals surface area contributed by atoms with E-state index >= 15 is 0 Å². The smallest absolute Gasteiger partial charge is 0.240 e. The highest BCUT2D eigenvalue weighted by Crippen LogP contribution is 2.14. The first kappa shape index (κ1) is 22.2. The molecule has 0 aliphatic rings. The molecule has 23 heavy (non-hydrogen) atoms. The molecule has 0 aliphatic carbocycles. The second kappa shape index (κ2) is 10.1. The van der Waals surface area contributed by atoms with Gasteiger partial charge in [-0.2, -0.15) is 4.79 Å². The van der Waals surface area contributed by atoms with Gasteiger partial charge in [-0.05, 0) is 31.2 Å². The number of hydrogen-bond donors (Lipinski definition) is 1. The van der Waals surface area contributed by atoms with Crippen LogP contribution in [-0.4, -0.2) is 46.9 Å². The Morgan fingerprint density at radius 2 is 1.87 bits per heavy atom. The van der Waals surface area contributed by atoms with E-state index in [-0.39, 0.29) is 10.9 Å². The van der Waals surface area contributed by atoms with Gasteiger partial charge in [-0.15, -0.1) is 0 Å². The standard InChI is InChI=1S/C10H14BrNO3S.C4H10N2Si/c1-8(7-15-2)12-16(13,14)10-5-3-9(11)4-6-10;1-7(2,3)4-6-5/h3-6,8,12H,7H2,1-2H3;4H,1-3H3/t8-;/m1./s1. The minimum absolute atomic E-state index is 0.249. The maximum absolute atomic E-state index is 11.8. The first-order valence-corrected chi connectivity index (χ1v) is 12.8. The van der Waals surface area contributed by atoms with Crippen LogP contribution in [0, 0.1) is 0 Å². The summed E-state index contributed by atoms with van der Waals surface area (Å²) in [6, 6.07) is 6.22. The van der Waals surface area contributed by atoms with E-state index in [1.165, 1.54) is 7.11 Å². The van der Waals surface area contributed by atoms with Gasteiger partial charge in [0.05, 0.1) is 11.5 Å². The third-order valence-electron chi connectivity index (χ3n) is 2.34. The molecule has 0 saturated carbocycles. The van der Waals surface area contributed by atoms with Gasteiger partial charge in [-0.1, -0.05) is 35.6 Å². The first-order chi connectivity index (χ1) is 10.5. The van der Waals surface area contributed by atoms with Crippen LogP contribution in [0.2, 0.25) is 19.6 Å². The summed E-state index contributed by atoms with van der Waals surface area (Å²) in [7, 11) is -3.12. The van der Waals surface area contributed by atoms with Crippen LogP contribution in [0.3, 0.4) is 0 Å². The van der Waals surface area contributed by atoms with Crippen molar-refractivity contribution in [3.8, 4) is 0 Å². The molecule has 1 aromatic rings. The van der Waals surface area contributed by atoms with Gasteiger partial charge in [0.15, 0.2) is 8.07 Å². The van der Waals surface area contributed by atoms with Crippen molar-refractivity contribution in [2.75, 3.05) is 13.7 Å². The SMILES string of the molecule is COC[C@@H](C)NS(=O)(=O)c1ccc(Br)cc1.C[Si](C)(C)C=[N+]=[N-]. The van der Waals surface area contributed by atoms with Crippen molar-refractivity contribution in [1.82, 2.24) is 4.72 Å². The van der Waals surface area contributed by atoms with E-state index in [1.54, 1.807) is 37.0 Å². The number of sulfonamides is 1. The Morgan fingerprint density at radius 1 is 1.35 bits per heavy atom. The molecule has 6 nitrogen and oxygen atoms in total. The van der Waals surface area contributed by atoms with Crippen molar-refractivity contribution in [3.05, 3.63) is 34.3 Å². The van der Waals surface area contributed by atoms with Gasteiger partial charge in [0.1, 0.15) is 0 Å². The first-order valence-electron chi connectivity index (χ1n) is 6.97. The molecule has 1 N–H and O–H groups in total. The molecule has 1 aromatic carbocycles. The molecule has 9 heteroatoms. The third-order valence-corrected chi connectivity index (χ3v) is 5.37. The number of rotatable bonds is 6. The average molecular weight is 422 g/mol. The summed E-state index contributed by atoms with van der Waals surface area (Å²) in [6.45, 7) is 8.40. The molecule has 1 atom stereocenters. The Bertz CT molecular complexity index is 624. The molecule has 1 rings (SSSR count). The van der Waals surface area contributed by atoms with Crippen LogP contribution in [0.5, 0.6) is 0 Å². The predicted molar refractivity (Wildman–Crippen MR) is 98.8 cm³/mol.